The quantitative estimate of drug-likeness (QED) is 0.509. The molecule has 0 radical (unpaired) electrons. The van der Waals surface area contributed by atoms with E-state index < -0.39 is 0 Å². The molecule has 0 spiro atoms. The molecule has 0 aliphatic heterocycles. The first kappa shape index (κ1) is 21.3. The number of anilines is 2. The highest BCUT2D eigenvalue weighted by molar-refractivity contribution is 5.50. The van der Waals surface area contributed by atoms with Gasteiger partial charge in [-0.05, 0) is 85.6 Å². The third-order valence-electron chi connectivity index (χ3n) is 5.29. The van der Waals surface area contributed by atoms with Gasteiger partial charge in [0.1, 0.15) is 0 Å². The molecule has 0 aliphatic rings. The molecule has 0 aliphatic carbocycles. The molecule has 0 heterocycles. The van der Waals surface area contributed by atoms with Gasteiger partial charge >= 0.3 is 0 Å². The first-order valence-electron chi connectivity index (χ1n) is 10.4. The lowest BCUT2D eigenvalue weighted by Crippen LogP contribution is -2.48. The van der Waals surface area contributed by atoms with Crippen molar-refractivity contribution in [2.75, 3.05) is 9.80 Å². The van der Waals surface area contributed by atoms with E-state index in [1.807, 2.05) is 0 Å². The Hall–Kier alpha value is -1.96. The molecule has 0 fully saturated rings. The zero-order chi connectivity index (χ0) is 20.0. The van der Waals surface area contributed by atoms with Crippen LogP contribution in [0, 0.1) is 0 Å². The lowest BCUT2D eigenvalue weighted by atomic mass is 9.97. The summed E-state index contributed by atoms with van der Waals surface area (Å²) in [6.07, 6.45) is 2.34. The summed E-state index contributed by atoms with van der Waals surface area (Å²) in [7, 11) is 0. The van der Waals surface area contributed by atoms with Crippen LogP contribution < -0.4 is 9.80 Å². The number of hydrogen-bond acceptors (Lipinski definition) is 2. The van der Waals surface area contributed by atoms with Gasteiger partial charge in [0.25, 0.3) is 0 Å². The molecule has 2 heteroatoms. The monoisotopic (exact) mass is 366 g/mol. The third kappa shape index (κ3) is 5.76. The molecule has 0 aromatic heterocycles. The van der Waals surface area contributed by atoms with Gasteiger partial charge in [0, 0.05) is 35.0 Å². The molecule has 2 atom stereocenters. The van der Waals surface area contributed by atoms with E-state index in [2.05, 4.69) is 119 Å². The molecule has 2 unspecified atom stereocenters. The van der Waals surface area contributed by atoms with Gasteiger partial charge in [0.15, 0.2) is 0 Å². The van der Waals surface area contributed by atoms with Gasteiger partial charge < -0.3 is 9.80 Å². The van der Waals surface area contributed by atoms with Crippen LogP contribution in [0.1, 0.15) is 61.3 Å². The lowest BCUT2D eigenvalue weighted by molar-refractivity contribution is 0.413. The summed E-state index contributed by atoms with van der Waals surface area (Å²) in [5, 5.41) is 0. The number of benzene rings is 2. The van der Waals surface area contributed by atoms with Gasteiger partial charge in [-0.25, -0.2) is 0 Å². The van der Waals surface area contributed by atoms with Crippen molar-refractivity contribution in [3.63, 3.8) is 0 Å². The molecule has 0 N–H and O–H groups in total. The minimum atomic E-state index is 0.0984. The average molecular weight is 367 g/mol. The maximum atomic E-state index is 2.57. The molecule has 2 aromatic carbocycles. The van der Waals surface area contributed by atoms with Crippen LogP contribution in [0.4, 0.5) is 11.4 Å². The van der Waals surface area contributed by atoms with Crippen LogP contribution in [0.25, 0.3) is 0 Å². The minimum Gasteiger partial charge on any atom is -0.366 e. The molecule has 2 nitrogen and oxygen atoms in total. The lowest BCUT2D eigenvalue weighted by Gasteiger charge is -2.43. The Balaban J connectivity index is 2.10. The Kier molecular flexibility index (Phi) is 7.35. The first-order valence-corrected chi connectivity index (χ1v) is 10.4. The summed E-state index contributed by atoms with van der Waals surface area (Å²) >= 11 is 0. The number of hydrogen-bond donors (Lipinski definition) is 0. The third-order valence-corrected chi connectivity index (χ3v) is 5.29. The van der Waals surface area contributed by atoms with Crippen LogP contribution in [0.5, 0.6) is 0 Å². The van der Waals surface area contributed by atoms with Gasteiger partial charge in [0.05, 0.1) is 0 Å². The van der Waals surface area contributed by atoms with Crippen molar-refractivity contribution in [3.05, 3.63) is 60.7 Å². The van der Waals surface area contributed by atoms with Crippen molar-refractivity contribution in [2.45, 2.75) is 85.0 Å². The summed E-state index contributed by atoms with van der Waals surface area (Å²) in [4.78, 5) is 5.12. The Morgan fingerprint density at radius 3 is 1.56 bits per heavy atom. The van der Waals surface area contributed by atoms with Crippen LogP contribution in [-0.4, -0.2) is 23.7 Å². The van der Waals surface area contributed by atoms with E-state index in [9.17, 15) is 0 Å². The smallest absolute Gasteiger partial charge is 0.0372 e. The Labute approximate surface area is 167 Å². The second-order valence-electron chi connectivity index (χ2n) is 8.99. The van der Waals surface area contributed by atoms with E-state index in [-0.39, 0.29) is 5.54 Å². The van der Waals surface area contributed by atoms with Crippen LogP contribution >= 0.6 is 0 Å². The molecular formula is C25H38N2. The summed E-state index contributed by atoms with van der Waals surface area (Å²) in [6.45, 7) is 16.2. The highest BCUT2D eigenvalue weighted by atomic mass is 15.2. The summed E-state index contributed by atoms with van der Waals surface area (Å²) in [6, 6.07) is 23.1. The molecule has 0 saturated carbocycles. The zero-order valence-electron chi connectivity index (χ0n) is 18.3. The summed E-state index contributed by atoms with van der Waals surface area (Å²) in [5.74, 6) is 0. The fourth-order valence-electron chi connectivity index (χ4n) is 4.30. The molecule has 27 heavy (non-hydrogen) atoms. The second-order valence-corrected chi connectivity index (χ2v) is 8.99. The van der Waals surface area contributed by atoms with E-state index in [1.165, 1.54) is 24.2 Å². The van der Waals surface area contributed by atoms with Crippen LogP contribution in [-0.2, 0) is 0 Å². The molecule has 148 valence electrons. The highest BCUT2D eigenvalue weighted by Gasteiger charge is 2.27. The maximum Gasteiger partial charge on any atom is 0.0372 e. The van der Waals surface area contributed by atoms with E-state index >= 15 is 0 Å². The first-order chi connectivity index (χ1) is 12.7. The minimum absolute atomic E-state index is 0.0984. The van der Waals surface area contributed by atoms with E-state index in [4.69, 9.17) is 0 Å². The topological polar surface area (TPSA) is 6.48 Å². The average Bonchev–Trinajstić information content (AvgIpc) is 2.60. The Bertz CT molecular complexity index is 658. The van der Waals surface area contributed by atoms with Gasteiger partial charge in [-0.15, -0.1) is 0 Å². The second kappa shape index (κ2) is 9.30. The van der Waals surface area contributed by atoms with E-state index in [0.29, 0.717) is 18.1 Å². The number of rotatable bonds is 8. The van der Waals surface area contributed by atoms with E-state index in [1.54, 1.807) is 0 Å². The van der Waals surface area contributed by atoms with Crippen molar-refractivity contribution in [1.29, 1.82) is 0 Å². The van der Waals surface area contributed by atoms with Crippen molar-refractivity contribution in [3.8, 4) is 0 Å². The SMILES string of the molecule is CC(C)N(c1ccccc1)C(C)CCC(C)N(c1ccccc1)C(C)(C)C. The molecule has 2 rings (SSSR count). The largest absolute Gasteiger partial charge is 0.366 e. The standard InChI is InChI=1S/C25H38N2/c1-20(2)26(23-14-10-8-11-15-23)21(3)18-19-22(4)27(25(5,6)7)24-16-12-9-13-17-24/h8-17,20-22H,18-19H2,1-7H3. The highest BCUT2D eigenvalue weighted by Crippen LogP contribution is 2.29. The van der Waals surface area contributed by atoms with Crippen molar-refractivity contribution >= 4 is 11.4 Å². The van der Waals surface area contributed by atoms with Gasteiger partial charge in [-0.1, -0.05) is 36.4 Å². The van der Waals surface area contributed by atoms with Gasteiger partial charge in [-0.2, -0.15) is 0 Å². The van der Waals surface area contributed by atoms with Crippen LogP contribution in [0.15, 0.2) is 60.7 Å². The molecule has 0 saturated heterocycles. The normalized spacial score (nSPS) is 14.1. The Morgan fingerprint density at radius 2 is 1.11 bits per heavy atom. The van der Waals surface area contributed by atoms with Gasteiger partial charge in [0.2, 0.25) is 0 Å². The van der Waals surface area contributed by atoms with Crippen molar-refractivity contribution in [1.82, 2.24) is 0 Å². The van der Waals surface area contributed by atoms with E-state index in [0.717, 1.165) is 0 Å². The fourth-order valence-corrected chi connectivity index (χ4v) is 4.30. The summed E-state index contributed by atoms with van der Waals surface area (Å²) < 4.78 is 0. The zero-order valence-corrected chi connectivity index (χ0v) is 18.3. The van der Waals surface area contributed by atoms with Crippen molar-refractivity contribution in [2.24, 2.45) is 0 Å². The van der Waals surface area contributed by atoms with Crippen molar-refractivity contribution < 1.29 is 0 Å². The molecule has 0 bridgehead atoms. The Morgan fingerprint density at radius 1 is 0.667 bits per heavy atom. The van der Waals surface area contributed by atoms with Gasteiger partial charge in [-0.3, -0.25) is 0 Å². The molecule has 0 amide bonds. The predicted octanol–water partition coefficient (Wildman–Crippen LogP) is 6.76. The maximum absolute atomic E-state index is 2.57. The fraction of sp³-hybridized carbons (Fsp3) is 0.520. The number of nitrogens with zero attached hydrogens (tertiary/aromatic N) is 2. The van der Waals surface area contributed by atoms with Crippen LogP contribution in [0.3, 0.4) is 0 Å². The number of para-hydroxylation sites is 2. The van der Waals surface area contributed by atoms with Crippen LogP contribution in [0.2, 0.25) is 0 Å². The predicted molar refractivity (Wildman–Crippen MR) is 121 cm³/mol. The molecule has 2 aromatic rings. The summed E-state index contributed by atoms with van der Waals surface area (Å²) in [5.41, 5.74) is 2.73. The molecular weight excluding hydrogens is 328 g/mol.